The van der Waals surface area contributed by atoms with Crippen LogP contribution in [0.5, 0.6) is 0 Å². The van der Waals surface area contributed by atoms with Crippen molar-refractivity contribution in [3.63, 3.8) is 0 Å². The second kappa shape index (κ2) is 4.82. The summed E-state index contributed by atoms with van der Waals surface area (Å²) in [6.07, 6.45) is 0. The number of hydrogen-bond acceptors (Lipinski definition) is 4. The lowest BCUT2D eigenvalue weighted by Gasteiger charge is -2.07. The van der Waals surface area contributed by atoms with Gasteiger partial charge < -0.3 is 4.52 Å². The minimum absolute atomic E-state index is 0.00281. The summed E-state index contributed by atoms with van der Waals surface area (Å²) in [4.78, 5) is 16.6. The van der Waals surface area contributed by atoms with Gasteiger partial charge in [-0.3, -0.25) is 0 Å². The van der Waals surface area contributed by atoms with Crippen LogP contribution in [-0.4, -0.2) is 9.56 Å². The number of rotatable bonds is 1. The molecule has 0 fully saturated rings. The lowest BCUT2D eigenvalue weighted by Crippen LogP contribution is -1.97. The van der Waals surface area contributed by atoms with E-state index in [-0.39, 0.29) is 5.56 Å². The maximum atomic E-state index is 12.0. The van der Waals surface area contributed by atoms with Gasteiger partial charge in [-0.2, -0.15) is 9.84 Å². The fourth-order valence-electron chi connectivity index (χ4n) is 2.68. The molecular weight excluding hydrogens is 290 g/mol. The first-order valence-corrected chi connectivity index (χ1v) is 7.11. The molecule has 0 atom stereocenters. The molecular formula is C18H11N3O2. The number of fused-ring (bicyclic) bond motifs is 3. The molecule has 2 aromatic heterocycles. The zero-order valence-electron chi connectivity index (χ0n) is 12.3. The van der Waals surface area contributed by atoms with Gasteiger partial charge in [0.15, 0.2) is 11.4 Å². The number of benzene rings is 2. The maximum absolute atomic E-state index is 12.0. The molecule has 0 bridgehead atoms. The third kappa shape index (κ3) is 1.93. The van der Waals surface area contributed by atoms with Crippen LogP contribution in [0.4, 0.5) is 0 Å². The van der Waals surface area contributed by atoms with E-state index < -0.39 is 5.63 Å². The van der Waals surface area contributed by atoms with Crippen LogP contribution in [0.25, 0.3) is 27.8 Å². The van der Waals surface area contributed by atoms with E-state index in [0.717, 1.165) is 11.1 Å². The number of nitrogens with zero attached hydrogens (tertiary/aromatic N) is 3. The number of aryl methyl sites for hydroxylation is 1. The molecule has 0 saturated carbocycles. The third-order valence-corrected chi connectivity index (χ3v) is 3.82. The van der Waals surface area contributed by atoms with Gasteiger partial charge in [-0.05, 0) is 13.0 Å². The van der Waals surface area contributed by atoms with Crippen molar-refractivity contribution in [1.29, 1.82) is 5.26 Å². The van der Waals surface area contributed by atoms with Gasteiger partial charge in [0.05, 0.1) is 5.52 Å². The fourth-order valence-corrected chi connectivity index (χ4v) is 2.68. The first-order chi connectivity index (χ1) is 11.2. The predicted molar refractivity (Wildman–Crippen MR) is 86.1 cm³/mol. The SMILES string of the molecule is Cc1ccc(-c2nc3ccccc3c3c(C#N)c(=O)on23)cc1. The molecule has 0 aliphatic rings. The quantitative estimate of drug-likeness (QED) is 0.541. The van der Waals surface area contributed by atoms with Gasteiger partial charge in [0.2, 0.25) is 0 Å². The highest BCUT2D eigenvalue weighted by Crippen LogP contribution is 2.27. The van der Waals surface area contributed by atoms with Crippen LogP contribution in [0.15, 0.2) is 57.8 Å². The number of aromatic nitrogens is 2. The Morgan fingerprint density at radius 1 is 1.13 bits per heavy atom. The van der Waals surface area contributed by atoms with Crippen molar-refractivity contribution in [2.45, 2.75) is 6.92 Å². The fraction of sp³-hybridized carbons (Fsp3) is 0.0556. The summed E-state index contributed by atoms with van der Waals surface area (Å²) in [5.41, 5.74) is 2.45. The highest BCUT2D eigenvalue weighted by molar-refractivity contribution is 5.97. The third-order valence-electron chi connectivity index (χ3n) is 3.82. The molecule has 0 unspecified atom stereocenters. The number of hydrogen-bond donors (Lipinski definition) is 0. The van der Waals surface area contributed by atoms with E-state index in [9.17, 15) is 10.1 Å². The summed E-state index contributed by atoms with van der Waals surface area (Å²) in [6, 6.07) is 17.1. The second-order valence-corrected chi connectivity index (χ2v) is 5.33. The Morgan fingerprint density at radius 3 is 2.61 bits per heavy atom. The lowest BCUT2D eigenvalue weighted by molar-refractivity contribution is 0.351. The van der Waals surface area contributed by atoms with Gasteiger partial charge in [0.1, 0.15) is 11.6 Å². The molecule has 0 saturated heterocycles. The molecule has 2 aromatic carbocycles. The Balaban J connectivity index is 2.22. The average Bonchev–Trinajstić information content (AvgIpc) is 2.91. The molecule has 4 rings (SSSR count). The molecule has 0 aliphatic heterocycles. The van der Waals surface area contributed by atoms with Crippen LogP contribution >= 0.6 is 0 Å². The Hall–Kier alpha value is -3.39. The highest BCUT2D eigenvalue weighted by atomic mass is 16.5. The molecule has 0 spiro atoms. The molecule has 110 valence electrons. The van der Waals surface area contributed by atoms with Gasteiger partial charge in [-0.1, -0.05) is 48.0 Å². The lowest BCUT2D eigenvalue weighted by atomic mass is 10.1. The minimum atomic E-state index is -0.654. The molecule has 23 heavy (non-hydrogen) atoms. The number of nitriles is 1. The Morgan fingerprint density at radius 2 is 1.87 bits per heavy atom. The summed E-state index contributed by atoms with van der Waals surface area (Å²) < 4.78 is 6.64. The first kappa shape index (κ1) is 13.3. The van der Waals surface area contributed by atoms with Crippen molar-refractivity contribution in [3.8, 4) is 17.5 Å². The maximum Gasteiger partial charge on any atom is 0.376 e. The zero-order valence-corrected chi connectivity index (χ0v) is 12.3. The molecule has 0 N–H and O–H groups in total. The van der Waals surface area contributed by atoms with Gasteiger partial charge in [-0.25, -0.2) is 9.78 Å². The summed E-state index contributed by atoms with van der Waals surface area (Å²) in [7, 11) is 0. The van der Waals surface area contributed by atoms with Crippen molar-refractivity contribution in [3.05, 3.63) is 70.1 Å². The summed E-state index contributed by atoms with van der Waals surface area (Å²) in [5, 5.41) is 10.0. The first-order valence-electron chi connectivity index (χ1n) is 7.11. The second-order valence-electron chi connectivity index (χ2n) is 5.33. The average molecular weight is 301 g/mol. The van der Waals surface area contributed by atoms with Crippen LogP contribution in [-0.2, 0) is 0 Å². The van der Waals surface area contributed by atoms with Crippen molar-refractivity contribution in [2.24, 2.45) is 0 Å². The van der Waals surface area contributed by atoms with Crippen LogP contribution < -0.4 is 5.63 Å². The summed E-state index contributed by atoms with van der Waals surface area (Å²) in [6.45, 7) is 2.00. The molecule has 5 heteroatoms. The summed E-state index contributed by atoms with van der Waals surface area (Å²) >= 11 is 0. The van der Waals surface area contributed by atoms with E-state index in [1.54, 1.807) is 0 Å². The molecule has 2 heterocycles. The Bertz CT molecular complexity index is 1150. The normalized spacial score (nSPS) is 11.0. The minimum Gasteiger partial charge on any atom is -0.328 e. The molecule has 0 amide bonds. The van der Waals surface area contributed by atoms with E-state index in [4.69, 9.17) is 4.52 Å². The van der Waals surface area contributed by atoms with Crippen molar-refractivity contribution < 1.29 is 4.52 Å². The standard InChI is InChI=1S/C18H11N3O2/c1-11-6-8-12(9-7-11)17-20-15-5-3-2-4-13(15)16-14(10-19)18(22)23-21(16)17/h2-9H,1H3. The smallest absolute Gasteiger partial charge is 0.328 e. The van der Waals surface area contributed by atoms with Crippen LogP contribution in [0.2, 0.25) is 0 Å². The monoisotopic (exact) mass is 301 g/mol. The van der Waals surface area contributed by atoms with Crippen LogP contribution in [0.3, 0.4) is 0 Å². The van der Waals surface area contributed by atoms with Crippen molar-refractivity contribution in [1.82, 2.24) is 9.56 Å². The van der Waals surface area contributed by atoms with E-state index in [1.807, 2.05) is 61.5 Å². The van der Waals surface area contributed by atoms with Gasteiger partial charge >= 0.3 is 5.63 Å². The van der Waals surface area contributed by atoms with Crippen molar-refractivity contribution >= 4 is 16.4 Å². The topological polar surface area (TPSA) is 71.3 Å². The van der Waals surface area contributed by atoms with E-state index in [1.165, 1.54) is 4.57 Å². The summed E-state index contributed by atoms with van der Waals surface area (Å²) in [5.74, 6) is 0.498. The zero-order chi connectivity index (χ0) is 16.0. The molecule has 4 aromatic rings. The highest BCUT2D eigenvalue weighted by Gasteiger charge is 2.19. The van der Waals surface area contributed by atoms with E-state index >= 15 is 0 Å². The Kier molecular flexibility index (Phi) is 2.78. The van der Waals surface area contributed by atoms with Gasteiger partial charge in [-0.15, -0.1) is 0 Å². The van der Waals surface area contributed by atoms with Gasteiger partial charge in [0, 0.05) is 10.9 Å². The molecule has 0 radical (unpaired) electrons. The van der Waals surface area contributed by atoms with Crippen LogP contribution in [0, 0.1) is 18.3 Å². The predicted octanol–water partition coefficient (Wildman–Crippen LogP) is 3.29. The van der Waals surface area contributed by atoms with Gasteiger partial charge in [0.25, 0.3) is 0 Å². The van der Waals surface area contributed by atoms with E-state index in [0.29, 0.717) is 22.2 Å². The van der Waals surface area contributed by atoms with Crippen molar-refractivity contribution in [2.75, 3.05) is 0 Å². The van der Waals surface area contributed by atoms with E-state index in [2.05, 4.69) is 4.98 Å². The Labute approximate surface area is 131 Å². The van der Waals surface area contributed by atoms with Crippen LogP contribution in [0.1, 0.15) is 11.1 Å². The number of para-hydroxylation sites is 1. The molecule has 5 nitrogen and oxygen atoms in total. The molecule has 0 aliphatic carbocycles. The largest absolute Gasteiger partial charge is 0.376 e.